The fourth-order valence-electron chi connectivity index (χ4n) is 3.53. The average molecular weight is 594 g/mol. The van der Waals surface area contributed by atoms with Crippen molar-refractivity contribution in [1.82, 2.24) is 24.3 Å². The molecule has 3 aromatic rings. The van der Waals surface area contributed by atoms with E-state index >= 15 is 0 Å². The van der Waals surface area contributed by atoms with Crippen LogP contribution >= 0.6 is 0 Å². The van der Waals surface area contributed by atoms with E-state index in [-0.39, 0.29) is 25.0 Å². The maximum Gasteiger partial charge on any atom is 0.434 e. The molecule has 3 aromatic heterocycles. The minimum absolute atomic E-state index is 0.0422. The summed E-state index contributed by atoms with van der Waals surface area (Å²) in [5.74, 6) is 0.0422. The molecule has 0 aliphatic heterocycles. The van der Waals surface area contributed by atoms with Crippen molar-refractivity contribution < 1.29 is 27.4 Å². The maximum atomic E-state index is 13.7. The highest BCUT2D eigenvalue weighted by molar-refractivity contribution is 6.76. The molecule has 40 heavy (non-hydrogen) atoms. The molecule has 0 spiro atoms. The lowest BCUT2D eigenvalue weighted by Crippen LogP contribution is -2.22. The van der Waals surface area contributed by atoms with Crippen LogP contribution in [0.2, 0.25) is 51.4 Å². The van der Waals surface area contributed by atoms with Gasteiger partial charge in [0.1, 0.15) is 19.2 Å². The normalized spacial score (nSPS) is 12.9. The van der Waals surface area contributed by atoms with E-state index in [1.807, 2.05) is 0 Å². The first-order valence-corrected chi connectivity index (χ1v) is 20.5. The number of aldehydes is 1. The monoisotopic (exact) mass is 593 g/mol. The van der Waals surface area contributed by atoms with E-state index in [1.54, 1.807) is 35.3 Å². The van der Waals surface area contributed by atoms with Crippen LogP contribution in [0.5, 0.6) is 0 Å². The third-order valence-electron chi connectivity index (χ3n) is 5.89. The molecule has 3 heterocycles. The van der Waals surface area contributed by atoms with Gasteiger partial charge in [0.15, 0.2) is 17.8 Å². The second-order valence-electron chi connectivity index (χ2n) is 12.1. The molecule has 0 aliphatic carbocycles. The van der Waals surface area contributed by atoms with E-state index in [1.165, 1.54) is 10.8 Å². The standard InChI is InChI=1S/C27H38F3N5O3Si2/c1-39(2,3)11-9-37-19-34-17-24(27(28,29)30)32-26(34)25-23(8-7-21-13-22(18-36)15-31-14-21)16-35(33-25)20-38-10-12-40(4,5)6/h7-8,13-18H,9-12,19-20H2,1-6H3/b8-7+. The first kappa shape index (κ1) is 31.6. The van der Waals surface area contributed by atoms with Crippen molar-refractivity contribution in [2.24, 2.45) is 0 Å². The van der Waals surface area contributed by atoms with Crippen molar-refractivity contribution in [3.63, 3.8) is 0 Å². The Morgan fingerprint density at radius 1 is 0.900 bits per heavy atom. The fourth-order valence-corrected chi connectivity index (χ4v) is 5.05. The van der Waals surface area contributed by atoms with E-state index in [2.05, 4.69) is 54.3 Å². The minimum atomic E-state index is -4.63. The first-order chi connectivity index (χ1) is 18.6. The Hall–Kier alpha value is -2.88. The van der Waals surface area contributed by atoms with Gasteiger partial charge in [0.2, 0.25) is 0 Å². The van der Waals surface area contributed by atoms with Crippen molar-refractivity contribution in [2.45, 2.75) is 71.0 Å². The number of imidazole rings is 1. The zero-order valence-corrected chi connectivity index (χ0v) is 26.0. The van der Waals surface area contributed by atoms with E-state index in [0.29, 0.717) is 36.2 Å². The summed E-state index contributed by atoms with van der Waals surface area (Å²) in [5, 5.41) is 4.56. The quantitative estimate of drug-likeness (QED) is 0.117. The molecule has 0 aliphatic rings. The Labute approximate surface area is 235 Å². The molecule has 3 rings (SSSR count). The number of hydrogen-bond donors (Lipinski definition) is 0. The Kier molecular flexibility index (Phi) is 10.4. The van der Waals surface area contributed by atoms with Gasteiger partial charge in [-0.1, -0.05) is 51.4 Å². The van der Waals surface area contributed by atoms with Crippen molar-refractivity contribution in [1.29, 1.82) is 0 Å². The molecular formula is C27H38F3N5O3Si2. The molecule has 0 radical (unpaired) electrons. The zero-order chi connectivity index (χ0) is 29.6. The van der Waals surface area contributed by atoms with Crippen LogP contribution in [0.15, 0.2) is 30.9 Å². The first-order valence-electron chi connectivity index (χ1n) is 13.1. The fraction of sp³-hybridized carbons (Fsp3) is 0.481. The maximum absolute atomic E-state index is 13.7. The average Bonchev–Trinajstić information content (AvgIpc) is 3.46. The van der Waals surface area contributed by atoms with Crippen LogP contribution in [-0.2, 0) is 29.1 Å². The summed E-state index contributed by atoms with van der Waals surface area (Å²) in [6.07, 6.45) is 5.20. The SMILES string of the molecule is C[Si](C)(C)CCOCn1cc(/C=C/c2cncc(C=O)c2)c(-c2nc(C(F)(F)F)cn2COCC[Si](C)(C)C)n1. The Morgan fingerprint density at radius 2 is 1.52 bits per heavy atom. The second kappa shape index (κ2) is 13.2. The summed E-state index contributed by atoms with van der Waals surface area (Å²) < 4.78 is 55.6. The summed E-state index contributed by atoms with van der Waals surface area (Å²) in [6.45, 7) is 14.5. The largest absolute Gasteiger partial charge is 0.434 e. The number of pyridine rings is 1. The van der Waals surface area contributed by atoms with Gasteiger partial charge in [0.25, 0.3) is 0 Å². The molecule has 13 heteroatoms. The number of halogens is 3. The summed E-state index contributed by atoms with van der Waals surface area (Å²) in [5.41, 5.74) is 0.843. The minimum Gasteiger partial charge on any atom is -0.361 e. The van der Waals surface area contributed by atoms with Crippen LogP contribution < -0.4 is 0 Å². The number of carbonyl (C=O) groups is 1. The molecular weight excluding hydrogens is 555 g/mol. The van der Waals surface area contributed by atoms with Crippen LogP contribution in [0, 0.1) is 0 Å². The number of hydrogen-bond acceptors (Lipinski definition) is 6. The molecule has 0 saturated heterocycles. The molecule has 218 valence electrons. The van der Waals surface area contributed by atoms with Gasteiger partial charge in [-0.05, 0) is 23.7 Å². The molecule has 0 amide bonds. The van der Waals surface area contributed by atoms with E-state index < -0.39 is 28.0 Å². The highest BCUT2D eigenvalue weighted by Crippen LogP contribution is 2.32. The van der Waals surface area contributed by atoms with E-state index in [4.69, 9.17) is 9.47 Å². The lowest BCUT2D eigenvalue weighted by atomic mass is 10.1. The van der Waals surface area contributed by atoms with Gasteiger partial charge in [-0.15, -0.1) is 0 Å². The van der Waals surface area contributed by atoms with Crippen LogP contribution in [0.1, 0.15) is 27.2 Å². The molecule has 0 atom stereocenters. The second-order valence-corrected chi connectivity index (χ2v) is 23.3. The molecule has 0 unspecified atom stereocenters. The van der Waals surface area contributed by atoms with E-state index in [9.17, 15) is 18.0 Å². The zero-order valence-electron chi connectivity index (χ0n) is 24.0. The predicted molar refractivity (Wildman–Crippen MR) is 155 cm³/mol. The third-order valence-corrected chi connectivity index (χ3v) is 9.30. The number of nitrogens with zero attached hydrogens (tertiary/aromatic N) is 5. The lowest BCUT2D eigenvalue weighted by Gasteiger charge is -2.16. The van der Waals surface area contributed by atoms with Crippen molar-refractivity contribution in [3.8, 4) is 11.5 Å². The summed E-state index contributed by atoms with van der Waals surface area (Å²) in [4.78, 5) is 19.1. The van der Waals surface area contributed by atoms with E-state index in [0.717, 1.165) is 18.3 Å². The van der Waals surface area contributed by atoms with Gasteiger partial charge in [0.05, 0.1) is 0 Å². The number of alkyl halides is 3. The van der Waals surface area contributed by atoms with Crippen molar-refractivity contribution >= 4 is 34.6 Å². The highest BCUT2D eigenvalue weighted by atomic mass is 28.3. The van der Waals surface area contributed by atoms with Crippen LogP contribution in [0.3, 0.4) is 0 Å². The molecule has 0 saturated carbocycles. The Bertz CT molecular complexity index is 1310. The van der Waals surface area contributed by atoms with Gasteiger partial charge in [-0.3, -0.25) is 9.78 Å². The Balaban J connectivity index is 1.96. The smallest absolute Gasteiger partial charge is 0.361 e. The number of carbonyl (C=O) groups excluding carboxylic acids is 1. The summed E-state index contributed by atoms with van der Waals surface area (Å²) in [6, 6.07) is 3.52. The molecule has 0 N–H and O–H groups in total. The van der Waals surface area contributed by atoms with Crippen molar-refractivity contribution in [3.05, 3.63) is 53.2 Å². The third kappa shape index (κ3) is 9.95. The topological polar surface area (TPSA) is 84.1 Å². The predicted octanol–water partition coefficient (Wildman–Crippen LogP) is 6.77. The van der Waals surface area contributed by atoms with Gasteiger partial charge >= 0.3 is 6.18 Å². The number of rotatable bonds is 14. The van der Waals surface area contributed by atoms with Gasteiger partial charge in [-0.2, -0.15) is 18.3 Å². The van der Waals surface area contributed by atoms with Crippen LogP contribution in [-0.4, -0.2) is 60.0 Å². The molecule has 8 nitrogen and oxygen atoms in total. The van der Waals surface area contributed by atoms with Crippen LogP contribution in [0.25, 0.3) is 23.7 Å². The van der Waals surface area contributed by atoms with Gasteiger partial charge in [-0.25, -0.2) is 9.67 Å². The Morgan fingerprint density at radius 3 is 2.12 bits per heavy atom. The van der Waals surface area contributed by atoms with Gasteiger partial charge in [0, 0.05) is 65.3 Å². The highest BCUT2D eigenvalue weighted by Gasteiger charge is 2.35. The lowest BCUT2D eigenvalue weighted by molar-refractivity contribution is -0.141. The number of ether oxygens (including phenoxy) is 2. The van der Waals surface area contributed by atoms with Crippen molar-refractivity contribution in [2.75, 3.05) is 13.2 Å². The number of aromatic nitrogens is 5. The molecule has 0 aromatic carbocycles. The van der Waals surface area contributed by atoms with Crippen LogP contribution in [0.4, 0.5) is 13.2 Å². The summed E-state index contributed by atoms with van der Waals surface area (Å²) >= 11 is 0. The summed E-state index contributed by atoms with van der Waals surface area (Å²) in [7, 11) is -2.66. The molecule has 0 bridgehead atoms. The molecule has 0 fully saturated rings. The van der Waals surface area contributed by atoms with Gasteiger partial charge < -0.3 is 14.0 Å².